The quantitative estimate of drug-likeness (QED) is 0.341. The van der Waals surface area contributed by atoms with Crippen LogP contribution in [0.15, 0.2) is 18.3 Å². The summed E-state index contributed by atoms with van der Waals surface area (Å²) < 4.78 is 27.5. The molecule has 3 unspecified atom stereocenters. The van der Waals surface area contributed by atoms with Gasteiger partial charge in [-0.05, 0) is 52.0 Å². The molecule has 4 heterocycles. The zero-order chi connectivity index (χ0) is 26.4. The van der Waals surface area contributed by atoms with Crippen molar-refractivity contribution in [2.24, 2.45) is 5.92 Å². The van der Waals surface area contributed by atoms with Gasteiger partial charge in [0.15, 0.2) is 24.4 Å². The number of alkyl halides is 1. The lowest BCUT2D eigenvalue weighted by Crippen LogP contribution is -2.68. The molecule has 202 valence electrons. The lowest BCUT2D eigenvalue weighted by Gasteiger charge is -2.61. The van der Waals surface area contributed by atoms with Crippen molar-refractivity contribution in [2.75, 3.05) is 19.0 Å². The molecule has 12 nitrogen and oxygen atoms in total. The number of anilines is 2. The van der Waals surface area contributed by atoms with E-state index in [9.17, 15) is 9.59 Å². The number of amides is 1. The maximum absolute atomic E-state index is 15.0. The third-order valence-electron chi connectivity index (χ3n) is 7.60. The Morgan fingerprint density at radius 1 is 1.29 bits per heavy atom. The standard InChI is InChI=1S/C21H22FN7O4.C4H9N/c1-10-2-16-24-12(8-30)7-29(16)19(23-10)25-15-3-13(27-28-15)18-17(22)14(9-32-18)33-20(31)26-21-4-11(5-21)6-21;1-5-4-2-3-4/h2-3,7-8,11,14,17-18H,4-6,9H2,1H3,(H,26,31)(H2,23,25,27,28);4-5H,2-3H2,1H3. The molecular formula is C25H31FN8O4. The Labute approximate surface area is 218 Å². The Morgan fingerprint density at radius 2 is 2.08 bits per heavy atom. The van der Waals surface area contributed by atoms with E-state index in [-0.39, 0.29) is 17.8 Å². The second-order valence-corrected chi connectivity index (χ2v) is 10.7. The minimum Gasteiger partial charge on any atom is -0.441 e. The van der Waals surface area contributed by atoms with Crippen LogP contribution in [0.4, 0.5) is 21.0 Å². The van der Waals surface area contributed by atoms with E-state index < -0.39 is 24.5 Å². The number of alkyl carbamates (subject to hydrolysis) is 1. The normalized spacial score (nSPS) is 29.0. The number of nitrogens with one attached hydrogen (secondary N) is 4. The van der Waals surface area contributed by atoms with Crippen LogP contribution in [-0.2, 0) is 9.47 Å². The van der Waals surface area contributed by atoms with E-state index in [1.807, 2.05) is 7.05 Å². The number of hydrogen-bond acceptors (Lipinski definition) is 9. The summed E-state index contributed by atoms with van der Waals surface area (Å²) in [4.78, 5) is 31.9. The number of rotatable bonds is 7. The number of aldehydes is 1. The number of nitrogens with zero attached hydrogens (tertiary/aromatic N) is 4. The molecule has 8 rings (SSSR count). The molecule has 3 atom stereocenters. The van der Waals surface area contributed by atoms with Gasteiger partial charge in [-0.3, -0.25) is 14.3 Å². The average molecular weight is 527 g/mol. The molecule has 0 radical (unpaired) electrons. The topological polar surface area (TPSA) is 148 Å². The van der Waals surface area contributed by atoms with Crippen molar-refractivity contribution >= 4 is 29.8 Å². The van der Waals surface area contributed by atoms with E-state index >= 15 is 4.39 Å². The number of carbonyl (C=O) groups excluding carboxylic acids is 2. The van der Waals surface area contributed by atoms with Gasteiger partial charge in [0.2, 0.25) is 5.95 Å². The first-order chi connectivity index (χ1) is 18.3. The monoisotopic (exact) mass is 526 g/mol. The number of aryl methyl sites for hydroxylation is 1. The molecule has 5 fully saturated rings. The number of H-pyrrole nitrogens is 1. The van der Waals surface area contributed by atoms with E-state index in [1.165, 1.54) is 12.8 Å². The van der Waals surface area contributed by atoms with Gasteiger partial charge in [-0.2, -0.15) is 5.10 Å². The first kappa shape index (κ1) is 24.7. The molecule has 1 saturated heterocycles. The third-order valence-corrected chi connectivity index (χ3v) is 7.60. The van der Waals surface area contributed by atoms with Crippen molar-refractivity contribution in [2.45, 2.75) is 69.0 Å². The van der Waals surface area contributed by atoms with Gasteiger partial charge in [0, 0.05) is 35.6 Å². The lowest BCUT2D eigenvalue weighted by molar-refractivity contribution is -0.0528. The second-order valence-electron chi connectivity index (χ2n) is 10.7. The van der Waals surface area contributed by atoms with Crippen LogP contribution in [0, 0.1) is 12.8 Å². The minimum atomic E-state index is -1.54. The summed E-state index contributed by atoms with van der Waals surface area (Å²) in [6.45, 7) is 1.76. The highest BCUT2D eigenvalue weighted by atomic mass is 19.1. The summed E-state index contributed by atoms with van der Waals surface area (Å²) in [6, 6.07) is 4.24. The van der Waals surface area contributed by atoms with Gasteiger partial charge < -0.3 is 25.4 Å². The Bertz CT molecular complexity index is 1340. The minimum absolute atomic E-state index is 0.0414. The summed E-state index contributed by atoms with van der Waals surface area (Å²) in [5.41, 5.74) is 1.80. The van der Waals surface area contributed by atoms with Crippen molar-refractivity contribution in [3.63, 3.8) is 0 Å². The molecule has 38 heavy (non-hydrogen) atoms. The van der Waals surface area contributed by atoms with Crippen LogP contribution in [0.3, 0.4) is 0 Å². The molecule has 4 aliphatic carbocycles. The molecule has 1 aliphatic heterocycles. The highest BCUT2D eigenvalue weighted by molar-refractivity contribution is 5.74. The number of aromatic amines is 1. The molecule has 3 aromatic heterocycles. The van der Waals surface area contributed by atoms with Crippen molar-refractivity contribution < 1.29 is 23.5 Å². The van der Waals surface area contributed by atoms with E-state index in [0.29, 0.717) is 41.0 Å². The molecule has 5 aliphatic rings. The number of ether oxygens (including phenoxy) is 2. The van der Waals surface area contributed by atoms with Crippen LogP contribution in [0.5, 0.6) is 0 Å². The Hall–Kier alpha value is -3.58. The molecule has 13 heteroatoms. The molecule has 1 amide bonds. The Balaban J connectivity index is 0.000000476. The van der Waals surface area contributed by atoms with Gasteiger partial charge in [0.1, 0.15) is 17.4 Å². The van der Waals surface area contributed by atoms with Crippen LogP contribution in [-0.4, -0.2) is 74.5 Å². The van der Waals surface area contributed by atoms with Crippen LogP contribution in [0.1, 0.15) is 60.1 Å². The van der Waals surface area contributed by atoms with Gasteiger partial charge in [-0.15, -0.1) is 0 Å². The average Bonchev–Trinajstić information content (AvgIpc) is 3.26. The van der Waals surface area contributed by atoms with Gasteiger partial charge in [0.05, 0.1) is 12.3 Å². The van der Waals surface area contributed by atoms with E-state index in [0.717, 1.165) is 25.3 Å². The predicted molar refractivity (Wildman–Crippen MR) is 134 cm³/mol. The highest BCUT2D eigenvalue weighted by Gasteiger charge is 2.58. The fourth-order valence-electron chi connectivity index (χ4n) is 5.26. The number of halogens is 1. The summed E-state index contributed by atoms with van der Waals surface area (Å²) in [5.74, 6) is 1.50. The van der Waals surface area contributed by atoms with Crippen molar-refractivity contribution in [3.8, 4) is 0 Å². The van der Waals surface area contributed by atoms with Crippen molar-refractivity contribution in [1.82, 2.24) is 35.2 Å². The zero-order valence-electron chi connectivity index (χ0n) is 21.2. The van der Waals surface area contributed by atoms with Crippen LogP contribution < -0.4 is 16.0 Å². The number of hydrogen-bond donors (Lipinski definition) is 4. The SMILES string of the molecule is CNC1CC1.Cc1cc2nc(C=O)cn2c(Nc2cc(C3OCC(OC(=O)NC45CC(C4)C5)C3F)[nH]n2)n1. The number of imidazole rings is 1. The Kier molecular flexibility index (Phi) is 6.26. The van der Waals surface area contributed by atoms with Gasteiger partial charge in [-0.25, -0.2) is 19.2 Å². The maximum Gasteiger partial charge on any atom is 0.408 e. The smallest absolute Gasteiger partial charge is 0.408 e. The molecule has 4 N–H and O–H groups in total. The molecule has 3 aromatic rings. The van der Waals surface area contributed by atoms with Gasteiger partial charge >= 0.3 is 6.09 Å². The fourth-order valence-corrected chi connectivity index (χ4v) is 5.26. The van der Waals surface area contributed by atoms with Crippen molar-refractivity contribution in [1.29, 1.82) is 0 Å². The summed E-state index contributed by atoms with van der Waals surface area (Å²) in [5, 5.41) is 16.0. The van der Waals surface area contributed by atoms with E-state index in [4.69, 9.17) is 9.47 Å². The largest absolute Gasteiger partial charge is 0.441 e. The van der Waals surface area contributed by atoms with E-state index in [2.05, 4.69) is 36.1 Å². The van der Waals surface area contributed by atoms with Crippen LogP contribution >= 0.6 is 0 Å². The van der Waals surface area contributed by atoms with Crippen LogP contribution in [0.2, 0.25) is 0 Å². The molecule has 0 aromatic carbocycles. The summed E-state index contributed by atoms with van der Waals surface area (Å²) in [7, 11) is 2.01. The van der Waals surface area contributed by atoms with Gasteiger partial charge in [0.25, 0.3) is 0 Å². The molecule has 4 saturated carbocycles. The second kappa shape index (κ2) is 9.62. The summed E-state index contributed by atoms with van der Waals surface area (Å²) >= 11 is 0. The fraction of sp³-hybridized carbons (Fsp3) is 0.560. The molecule has 0 spiro atoms. The predicted octanol–water partition coefficient (Wildman–Crippen LogP) is 2.74. The Morgan fingerprint density at radius 3 is 2.71 bits per heavy atom. The van der Waals surface area contributed by atoms with Crippen LogP contribution in [0.25, 0.3) is 5.65 Å². The molecule has 2 bridgehead atoms. The highest BCUT2D eigenvalue weighted by Crippen LogP contribution is 2.57. The number of fused-ring (bicyclic) bond motifs is 1. The van der Waals surface area contributed by atoms with E-state index in [1.54, 1.807) is 29.7 Å². The summed E-state index contributed by atoms with van der Waals surface area (Å²) in [6.07, 6.45) is 3.88. The first-order valence-electron chi connectivity index (χ1n) is 12.9. The third kappa shape index (κ3) is 4.83. The molecular weight excluding hydrogens is 495 g/mol. The first-order valence-corrected chi connectivity index (χ1v) is 12.9. The zero-order valence-corrected chi connectivity index (χ0v) is 21.2. The maximum atomic E-state index is 15.0. The number of aromatic nitrogens is 5. The van der Waals surface area contributed by atoms with Crippen molar-refractivity contribution in [3.05, 3.63) is 35.4 Å². The lowest BCUT2D eigenvalue weighted by atomic mass is 9.50. The van der Waals surface area contributed by atoms with Gasteiger partial charge in [-0.1, -0.05) is 0 Å². The number of carbonyl (C=O) groups is 2.